The highest BCUT2D eigenvalue weighted by Crippen LogP contribution is 2.25. The van der Waals surface area contributed by atoms with Gasteiger partial charge in [-0.3, -0.25) is 14.3 Å². The summed E-state index contributed by atoms with van der Waals surface area (Å²) in [6.07, 6.45) is 1.44. The fraction of sp³-hybridized carbons (Fsp3) is 0.108. The summed E-state index contributed by atoms with van der Waals surface area (Å²) < 4.78 is 37.6. The van der Waals surface area contributed by atoms with Crippen molar-refractivity contribution in [3.05, 3.63) is 155 Å². The van der Waals surface area contributed by atoms with Crippen molar-refractivity contribution >= 4 is 38.6 Å². The topological polar surface area (TPSA) is 115 Å². The highest BCUT2D eigenvalue weighted by Gasteiger charge is 2.33. The number of nitrogens with one attached hydrogen (secondary N) is 1. The van der Waals surface area contributed by atoms with E-state index in [9.17, 15) is 18.0 Å². The van der Waals surface area contributed by atoms with Gasteiger partial charge in [-0.25, -0.2) is 22.8 Å². The number of rotatable bonds is 11. The van der Waals surface area contributed by atoms with Crippen molar-refractivity contribution in [2.45, 2.75) is 18.4 Å². The smallest absolute Gasteiger partial charge is 0.296 e. The van der Waals surface area contributed by atoms with Gasteiger partial charge in [0.1, 0.15) is 24.6 Å². The molecule has 0 aliphatic carbocycles. The Bertz CT molecular complexity index is 2260. The molecular weight excluding hydrogens is 627 g/mol. The standard InChI is InChI=1S/C37H33N5O5S/c1-27-36(37(44)42(40(27)2)31-15-5-3-6-16-31)41(48(45,46)33-17-7-4-8-18-33)25-35(43)39-38-24-28-20-22-32(23-21-28)47-26-30-14-11-13-29-12-9-10-19-34(29)30/h3-24H,25-26H2,1-2H3,(H,39,43)/b38-24-. The van der Waals surface area contributed by atoms with Crippen LogP contribution in [0.5, 0.6) is 5.75 Å². The Hall–Kier alpha value is -5.94. The Balaban J connectivity index is 1.18. The first kappa shape index (κ1) is 32.0. The Labute approximate surface area is 278 Å². The molecule has 48 heavy (non-hydrogen) atoms. The summed E-state index contributed by atoms with van der Waals surface area (Å²) in [6, 6.07) is 38.0. The molecule has 10 nitrogen and oxygen atoms in total. The van der Waals surface area contributed by atoms with E-state index in [1.54, 1.807) is 85.4 Å². The lowest BCUT2D eigenvalue weighted by Crippen LogP contribution is -2.42. The number of carbonyl (C=O) groups excluding carboxylic acids is 1. The van der Waals surface area contributed by atoms with Crippen LogP contribution in [0.4, 0.5) is 5.69 Å². The molecule has 11 heteroatoms. The van der Waals surface area contributed by atoms with Gasteiger partial charge < -0.3 is 4.74 Å². The van der Waals surface area contributed by atoms with Gasteiger partial charge in [0, 0.05) is 7.05 Å². The molecule has 1 aromatic heterocycles. The summed E-state index contributed by atoms with van der Waals surface area (Å²) in [5.74, 6) is -0.0556. The maximum Gasteiger partial charge on any atom is 0.296 e. The fourth-order valence-electron chi connectivity index (χ4n) is 5.42. The molecule has 242 valence electrons. The number of ether oxygens (including phenoxy) is 1. The normalized spacial score (nSPS) is 11.5. The van der Waals surface area contributed by atoms with Gasteiger partial charge in [0.05, 0.1) is 22.5 Å². The van der Waals surface area contributed by atoms with Crippen molar-refractivity contribution < 1.29 is 17.9 Å². The quantitative estimate of drug-likeness (QED) is 0.145. The molecule has 0 saturated heterocycles. The summed E-state index contributed by atoms with van der Waals surface area (Å²) in [5, 5.41) is 6.33. The van der Waals surface area contributed by atoms with E-state index in [4.69, 9.17) is 4.74 Å². The third kappa shape index (κ3) is 6.62. The molecule has 0 fully saturated rings. The van der Waals surface area contributed by atoms with Gasteiger partial charge in [-0.2, -0.15) is 5.10 Å². The van der Waals surface area contributed by atoms with Gasteiger partial charge in [-0.05, 0) is 77.4 Å². The van der Waals surface area contributed by atoms with Crippen LogP contribution in [0.25, 0.3) is 16.5 Å². The average molecular weight is 660 g/mol. The minimum absolute atomic E-state index is 0.0574. The molecule has 0 radical (unpaired) electrons. The maximum absolute atomic E-state index is 13.9. The molecule has 0 aliphatic heterocycles. The third-order valence-electron chi connectivity index (χ3n) is 7.95. The number of para-hydroxylation sites is 1. The van der Waals surface area contributed by atoms with E-state index in [0.717, 1.165) is 20.6 Å². The molecule has 1 heterocycles. The summed E-state index contributed by atoms with van der Waals surface area (Å²) in [5.41, 5.74) is 4.36. The van der Waals surface area contributed by atoms with E-state index in [1.165, 1.54) is 23.0 Å². The first-order valence-corrected chi connectivity index (χ1v) is 16.6. The van der Waals surface area contributed by atoms with E-state index < -0.39 is 28.0 Å². The lowest BCUT2D eigenvalue weighted by Gasteiger charge is -2.22. The number of anilines is 1. The van der Waals surface area contributed by atoms with Gasteiger partial charge in [0.15, 0.2) is 0 Å². The molecule has 0 aliphatic rings. The van der Waals surface area contributed by atoms with Crippen LogP contribution in [0.2, 0.25) is 0 Å². The Morgan fingerprint density at radius 1 is 0.854 bits per heavy atom. The molecule has 1 amide bonds. The molecule has 6 aromatic rings. The van der Waals surface area contributed by atoms with Crippen molar-refractivity contribution in [2.24, 2.45) is 12.1 Å². The van der Waals surface area contributed by atoms with E-state index in [2.05, 4.69) is 28.7 Å². The van der Waals surface area contributed by atoms with Crippen molar-refractivity contribution in [3.63, 3.8) is 0 Å². The summed E-state index contributed by atoms with van der Waals surface area (Å²) in [4.78, 5) is 26.9. The zero-order valence-electron chi connectivity index (χ0n) is 26.4. The lowest BCUT2D eigenvalue weighted by atomic mass is 10.1. The lowest BCUT2D eigenvalue weighted by molar-refractivity contribution is -0.119. The first-order valence-electron chi connectivity index (χ1n) is 15.2. The Morgan fingerprint density at radius 2 is 1.50 bits per heavy atom. The summed E-state index contributed by atoms with van der Waals surface area (Å²) in [6.45, 7) is 1.37. The predicted molar refractivity (Wildman–Crippen MR) is 187 cm³/mol. The summed E-state index contributed by atoms with van der Waals surface area (Å²) in [7, 11) is -2.66. The molecule has 6 rings (SSSR count). The van der Waals surface area contributed by atoms with Gasteiger partial charge in [-0.1, -0.05) is 78.9 Å². The number of aromatic nitrogens is 2. The second-order valence-electron chi connectivity index (χ2n) is 11.0. The number of nitrogens with zero attached hydrogens (tertiary/aromatic N) is 4. The van der Waals surface area contributed by atoms with Crippen LogP contribution in [-0.2, 0) is 28.5 Å². The van der Waals surface area contributed by atoms with Crippen molar-refractivity contribution in [1.82, 2.24) is 14.8 Å². The predicted octanol–water partition coefficient (Wildman–Crippen LogP) is 5.56. The minimum atomic E-state index is -4.32. The Morgan fingerprint density at radius 3 is 2.23 bits per heavy atom. The molecule has 0 spiro atoms. The molecular formula is C37H33N5O5S. The molecule has 5 aromatic carbocycles. The number of hydrazone groups is 1. The number of hydrogen-bond donors (Lipinski definition) is 1. The van der Waals surface area contributed by atoms with Gasteiger partial charge in [0.2, 0.25) is 0 Å². The van der Waals surface area contributed by atoms with Crippen LogP contribution in [0.15, 0.2) is 142 Å². The second-order valence-corrected chi connectivity index (χ2v) is 12.9. The van der Waals surface area contributed by atoms with Crippen LogP contribution >= 0.6 is 0 Å². The summed E-state index contributed by atoms with van der Waals surface area (Å²) >= 11 is 0. The molecule has 0 saturated carbocycles. The Kier molecular flexibility index (Phi) is 9.22. The zero-order valence-corrected chi connectivity index (χ0v) is 27.2. The van der Waals surface area contributed by atoms with Gasteiger partial charge in [-0.15, -0.1) is 0 Å². The van der Waals surface area contributed by atoms with E-state index in [0.29, 0.717) is 29.3 Å². The molecule has 0 atom stereocenters. The van der Waals surface area contributed by atoms with E-state index in [1.807, 2.05) is 30.3 Å². The van der Waals surface area contributed by atoms with Crippen LogP contribution in [-0.4, -0.2) is 36.4 Å². The van der Waals surface area contributed by atoms with Crippen LogP contribution < -0.4 is 20.0 Å². The SMILES string of the molecule is Cc1c(N(CC(=O)N/N=C\c2ccc(OCc3cccc4ccccc34)cc2)S(=O)(=O)c2ccccc2)c(=O)n(-c2ccccc2)n1C. The van der Waals surface area contributed by atoms with E-state index in [-0.39, 0.29) is 10.6 Å². The van der Waals surface area contributed by atoms with Crippen molar-refractivity contribution in [1.29, 1.82) is 0 Å². The number of carbonyl (C=O) groups is 1. The van der Waals surface area contributed by atoms with Gasteiger partial charge >= 0.3 is 0 Å². The van der Waals surface area contributed by atoms with Crippen LogP contribution in [0, 0.1) is 6.92 Å². The first-order chi connectivity index (χ1) is 23.2. The number of fused-ring (bicyclic) bond motifs is 1. The fourth-order valence-corrected chi connectivity index (χ4v) is 6.91. The van der Waals surface area contributed by atoms with Crippen LogP contribution in [0.1, 0.15) is 16.8 Å². The minimum Gasteiger partial charge on any atom is -0.489 e. The number of hydrogen-bond acceptors (Lipinski definition) is 6. The van der Waals surface area contributed by atoms with Crippen molar-refractivity contribution in [2.75, 3.05) is 10.8 Å². The third-order valence-corrected chi connectivity index (χ3v) is 9.71. The molecule has 0 unspecified atom stereocenters. The largest absolute Gasteiger partial charge is 0.489 e. The van der Waals surface area contributed by atoms with Crippen LogP contribution in [0.3, 0.4) is 0 Å². The van der Waals surface area contributed by atoms with Gasteiger partial charge in [0.25, 0.3) is 21.5 Å². The molecule has 1 N–H and O–H groups in total. The number of benzene rings is 5. The highest BCUT2D eigenvalue weighted by molar-refractivity contribution is 7.92. The highest BCUT2D eigenvalue weighted by atomic mass is 32.2. The number of sulfonamides is 1. The monoisotopic (exact) mass is 659 g/mol. The molecule has 0 bridgehead atoms. The second kappa shape index (κ2) is 13.8. The maximum atomic E-state index is 13.9. The average Bonchev–Trinajstić information content (AvgIpc) is 3.33. The van der Waals surface area contributed by atoms with Crippen molar-refractivity contribution in [3.8, 4) is 11.4 Å². The van der Waals surface area contributed by atoms with E-state index >= 15 is 0 Å². The zero-order chi connectivity index (χ0) is 33.7. The number of amides is 1.